The smallest absolute Gasteiger partial charge is 0.203 e. The van der Waals surface area contributed by atoms with Crippen LogP contribution in [0.25, 0.3) is 0 Å². The quantitative estimate of drug-likeness (QED) is 0.881. The second kappa shape index (κ2) is 5.91. The van der Waals surface area contributed by atoms with Crippen molar-refractivity contribution in [3.05, 3.63) is 47.8 Å². The summed E-state index contributed by atoms with van der Waals surface area (Å²) < 4.78 is 2.19. The fourth-order valence-corrected chi connectivity index (χ4v) is 2.06. The van der Waals surface area contributed by atoms with Crippen LogP contribution in [0.2, 0.25) is 0 Å². The van der Waals surface area contributed by atoms with Crippen LogP contribution in [0.3, 0.4) is 0 Å². The summed E-state index contributed by atoms with van der Waals surface area (Å²) in [6, 6.07) is 8.98. The number of nitrogens with one attached hydrogen (secondary N) is 1. The van der Waals surface area contributed by atoms with Gasteiger partial charge in [-0.2, -0.15) is 0 Å². The zero-order valence-corrected chi connectivity index (χ0v) is 12.2. The van der Waals surface area contributed by atoms with Crippen molar-refractivity contribution in [1.82, 2.24) is 9.55 Å². The Morgan fingerprint density at radius 1 is 1.16 bits per heavy atom. The number of aromatic nitrogens is 2. The van der Waals surface area contributed by atoms with Crippen molar-refractivity contribution in [2.75, 3.05) is 11.9 Å². The molecule has 1 aromatic heterocycles. The van der Waals surface area contributed by atoms with E-state index in [0.717, 1.165) is 12.5 Å². The van der Waals surface area contributed by atoms with Crippen molar-refractivity contribution in [3.8, 4) is 0 Å². The van der Waals surface area contributed by atoms with E-state index >= 15 is 0 Å². The van der Waals surface area contributed by atoms with Gasteiger partial charge in [0, 0.05) is 18.9 Å². The Morgan fingerprint density at radius 3 is 2.47 bits per heavy atom. The maximum Gasteiger partial charge on any atom is 0.203 e. The SMILES string of the molecule is Cc1ccc(C(C)n2ccnc2NCC(C)C)cc1. The van der Waals surface area contributed by atoms with Gasteiger partial charge in [-0.3, -0.25) is 0 Å². The molecule has 0 fully saturated rings. The fraction of sp³-hybridized carbons (Fsp3) is 0.438. The Balaban J connectivity index is 2.17. The first-order valence-corrected chi connectivity index (χ1v) is 6.91. The topological polar surface area (TPSA) is 29.9 Å². The molecule has 1 heterocycles. The van der Waals surface area contributed by atoms with E-state index < -0.39 is 0 Å². The van der Waals surface area contributed by atoms with E-state index in [2.05, 4.69) is 66.8 Å². The van der Waals surface area contributed by atoms with Crippen LogP contribution in [0.1, 0.15) is 37.9 Å². The Hall–Kier alpha value is -1.77. The molecule has 0 aliphatic carbocycles. The van der Waals surface area contributed by atoms with Gasteiger partial charge in [0.1, 0.15) is 0 Å². The summed E-state index contributed by atoms with van der Waals surface area (Å²) in [6.07, 6.45) is 3.89. The van der Waals surface area contributed by atoms with Gasteiger partial charge < -0.3 is 9.88 Å². The molecule has 1 aromatic carbocycles. The highest BCUT2D eigenvalue weighted by atomic mass is 15.2. The number of hydrogen-bond acceptors (Lipinski definition) is 2. The van der Waals surface area contributed by atoms with Crippen LogP contribution in [0.15, 0.2) is 36.7 Å². The third-order valence-corrected chi connectivity index (χ3v) is 3.31. The van der Waals surface area contributed by atoms with E-state index in [1.165, 1.54) is 11.1 Å². The van der Waals surface area contributed by atoms with E-state index in [9.17, 15) is 0 Å². The van der Waals surface area contributed by atoms with Gasteiger partial charge >= 0.3 is 0 Å². The normalized spacial score (nSPS) is 12.7. The molecule has 0 spiro atoms. The molecular formula is C16H23N3. The van der Waals surface area contributed by atoms with Gasteiger partial charge in [-0.25, -0.2) is 4.98 Å². The molecule has 0 aliphatic rings. The van der Waals surface area contributed by atoms with Gasteiger partial charge in [-0.15, -0.1) is 0 Å². The molecule has 0 aliphatic heterocycles. The fourth-order valence-electron chi connectivity index (χ4n) is 2.06. The van der Waals surface area contributed by atoms with Gasteiger partial charge in [0.15, 0.2) is 0 Å². The first-order chi connectivity index (χ1) is 9.08. The number of aryl methyl sites for hydroxylation is 1. The molecule has 102 valence electrons. The number of imidazole rings is 1. The van der Waals surface area contributed by atoms with Crippen molar-refractivity contribution in [3.63, 3.8) is 0 Å². The van der Waals surface area contributed by atoms with E-state index in [-0.39, 0.29) is 6.04 Å². The second-order valence-electron chi connectivity index (χ2n) is 5.52. The average Bonchev–Trinajstić information content (AvgIpc) is 2.84. The predicted octanol–water partition coefficient (Wildman–Crippen LogP) is 3.87. The second-order valence-corrected chi connectivity index (χ2v) is 5.52. The van der Waals surface area contributed by atoms with Gasteiger partial charge in [-0.1, -0.05) is 43.7 Å². The molecule has 1 atom stereocenters. The Labute approximate surface area is 115 Å². The Kier molecular flexibility index (Phi) is 4.25. The molecule has 0 amide bonds. The molecule has 0 bridgehead atoms. The van der Waals surface area contributed by atoms with E-state index in [0.29, 0.717) is 5.92 Å². The highest BCUT2D eigenvalue weighted by Crippen LogP contribution is 2.22. The van der Waals surface area contributed by atoms with Crippen LogP contribution < -0.4 is 5.32 Å². The first kappa shape index (κ1) is 13.7. The standard InChI is InChI=1S/C16H23N3/c1-12(2)11-18-16-17-9-10-19(16)14(4)15-7-5-13(3)6-8-15/h5-10,12,14H,11H2,1-4H3,(H,17,18). The molecule has 19 heavy (non-hydrogen) atoms. The van der Waals surface area contributed by atoms with Crippen LogP contribution in [0, 0.1) is 12.8 Å². The van der Waals surface area contributed by atoms with E-state index in [4.69, 9.17) is 0 Å². The summed E-state index contributed by atoms with van der Waals surface area (Å²) in [5.41, 5.74) is 2.59. The number of rotatable bonds is 5. The summed E-state index contributed by atoms with van der Waals surface area (Å²) >= 11 is 0. The monoisotopic (exact) mass is 257 g/mol. The number of hydrogen-bond donors (Lipinski definition) is 1. The van der Waals surface area contributed by atoms with Crippen LogP contribution in [-0.4, -0.2) is 16.1 Å². The van der Waals surface area contributed by atoms with Crippen molar-refractivity contribution >= 4 is 5.95 Å². The lowest BCUT2D eigenvalue weighted by Gasteiger charge is -2.18. The maximum absolute atomic E-state index is 4.40. The summed E-state index contributed by atoms with van der Waals surface area (Å²) in [4.78, 5) is 4.40. The molecule has 3 heteroatoms. The molecule has 0 saturated carbocycles. The zero-order valence-electron chi connectivity index (χ0n) is 12.2. The lowest BCUT2D eigenvalue weighted by molar-refractivity contribution is 0.628. The summed E-state index contributed by atoms with van der Waals surface area (Å²) in [5, 5.41) is 3.41. The molecule has 3 nitrogen and oxygen atoms in total. The molecule has 0 saturated heterocycles. The Bertz CT molecular complexity index is 511. The van der Waals surface area contributed by atoms with Crippen LogP contribution in [-0.2, 0) is 0 Å². The molecule has 1 unspecified atom stereocenters. The van der Waals surface area contributed by atoms with Crippen molar-refractivity contribution in [2.24, 2.45) is 5.92 Å². The number of benzene rings is 1. The largest absolute Gasteiger partial charge is 0.355 e. The minimum Gasteiger partial charge on any atom is -0.355 e. The highest BCUT2D eigenvalue weighted by molar-refractivity contribution is 5.31. The number of nitrogens with zero attached hydrogens (tertiary/aromatic N) is 2. The van der Waals surface area contributed by atoms with Crippen molar-refractivity contribution < 1.29 is 0 Å². The van der Waals surface area contributed by atoms with E-state index in [1.54, 1.807) is 0 Å². The lowest BCUT2D eigenvalue weighted by Crippen LogP contribution is -2.15. The highest BCUT2D eigenvalue weighted by Gasteiger charge is 2.11. The summed E-state index contributed by atoms with van der Waals surface area (Å²) in [5.74, 6) is 1.56. The van der Waals surface area contributed by atoms with Gasteiger partial charge in [0.2, 0.25) is 5.95 Å². The summed E-state index contributed by atoms with van der Waals surface area (Å²) in [6.45, 7) is 9.65. The van der Waals surface area contributed by atoms with Crippen molar-refractivity contribution in [1.29, 1.82) is 0 Å². The van der Waals surface area contributed by atoms with E-state index in [1.807, 2.05) is 12.4 Å². The van der Waals surface area contributed by atoms with Crippen LogP contribution in [0.4, 0.5) is 5.95 Å². The lowest BCUT2D eigenvalue weighted by atomic mass is 10.1. The minimum atomic E-state index is 0.290. The van der Waals surface area contributed by atoms with Crippen LogP contribution in [0.5, 0.6) is 0 Å². The van der Waals surface area contributed by atoms with Gasteiger partial charge in [0.25, 0.3) is 0 Å². The minimum absolute atomic E-state index is 0.290. The zero-order chi connectivity index (χ0) is 13.8. The molecular weight excluding hydrogens is 234 g/mol. The van der Waals surface area contributed by atoms with Crippen molar-refractivity contribution in [2.45, 2.75) is 33.7 Å². The maximum atomic E-state index is 4.40. The van der Waals surface area contributed by atoms with Gasteiger partial charge in [-0.05, 0) is 25.3 Å². The Morgan fingerprint density at radius 2 is 1.84 bits per heavy atom. The predicted molar refractivity (Wildman–Crippen MR) is 80.5 cm³/mol. The number of anilines is 1. The van der Waals surface area contributed by atoms with Gasteiger partial charge in [0.05, 0.1) is 6.04 Å². The molecule has 1 N–H and O–H groups in total. The molecule has 2 aromatic rings. The summed E-state index contributed by atoms with van der Waals surface area (Å²) in [7, 11) is 0. The third kappa shape index (κ3) is 3.37. The van der Waals surface area contributed by atoms with Crippen LogP contribution >= 0.6 is 0 Å². The average molecular weight is 257 g/mol. The third-order valence-electron chi connectivity index (χ3n) is 3.31. The molecule has 2 rings (SSSR count). The first-order valence-electron chi connectivity index (χ1n) is 6.91. The molecule has 0 radical (unpaired) electrons.